The number of rotatable bonds is 3. The number of anilines is 1. The lowest BCUT2D eigenvalue weighted by Gasteiger charge is -2.23. The lowest BCUT2D eigenvalue weighted by molar-refractivity contribution is 0.243. The fraction of sp³-hybridized carbons (Fsp3) is 0.357. The van der Waals surface area contributed by atoms with Crippen molar-refractivity contribution in [2.24, 2.45) is 0 Å². The largest absolute Gasteiger partial charge is 0.375 e. The summed E-state index contributed by atoms with van der Waals surface area (Å²) in [6.45, 7) is 0.938. The van der Waals surface area contributed by atoms with Crippen molar-refractivity contribution < 1.29 is 0 Å². The van der Waals surface area contributed by atoms with E-state index in [1.807, 2.05) is 6.20 Å². The number of nitrogens with zero attached hydrogens (tertiary/aromatic N) is 2. The normalized spacial score (nSPS) is 15.2. The minimum absolute atomic E-state index is 0.603. The fourth-order valence-electron chi connectivity index (χ4n) is 2.62. The van der Waals surface area contributed by atoms with Crippen molar-refractivity contribution in [3.63, 3.8) is 0 Å². The van der Waals surface area contributed by atoms with Gasteiger partial charge in [-0.1, -0.05) is 24.3 Å². The Morgan fingerprint density at radius 2 is 2.00 bits per heavy atom. The van der Waals surface area contributed by atoms with Gasteiger partial charge in [0.15, 0.2) is 5.13 Å². The van der Waals surface area contributed by atoms with Gasteiger partial charge in [0.05, 0.1) is 0 Å². The zero-order valence-electron chi connectivity index (χ0n) is 10.5. The molecule has 2 aromatic rings. The SMILES string of the molecule is CN(Cc1cnc(N)s1)C1Cc2ccccc2C1. The molecule has 2 N–H and O–H groups in total. The summed E-state index contributed by atoms with van der Waals surface area (Å²) < 4.78 is 0. The quantitative estimate of drug-likeness (QED) is 0.920. The van der Waals surface area contributed by atoms with Crippen molar-refractivity contribution in [1.82, 2.24) is 9.88 Å². The minimum atomic E-state index is 0.603. The molecule has 0 saturated carbocycles. The van der Waals surface area contributed by atoms with Crippen molar-refractivity contribution in [3.8, 4) is 0 Å². The van der Waals surface area contributed by atoms with Crippen LogP contribution >= 0.6 is 11.3 Å². The van der Waals surface area contributed by atoms with Crippen LogP contribution in [0.5, 0.6) is 0 Å². The second-order valence-corrected chi connectivity index (χ2v) is 6.06. The van der Waals surface area contributed by atoms with Gasteiger partial charge in [-0.2, -0.15) is 0 Å². The highest BCUT2D eigenvalue weighted by molar-refractivity contribution is 7.15. The van der Waals surface area contributed by atoms with E-state index >= 15 is 0 Å². The average Bonchev–Trinajstić information content (AvgIpc) is 2.95. The topological polar surface area (TPSA) is 42.2 Å². The number of hydrogen-bond acceptors (Lipinski definition) is 4. The molecule has 94 valence electrons. The zero-order chi connectivity index (χ0) is 12.5. The number of aromatic nitrogens is 1. The Hall–Kier alpha value is -1.39. The molecule has 18 heavy (non-hydrogen) atoms. The maximum absolute atomic E-state index is 5.67. The summed E-state index contributed by atoms with van der Waals surface area (Å²) in [6.07, 6.45) is 4.19. The van der Waals surface area contributed by atoms with Crippen LogP contribution in [0, 0.1) is 0 Å². The maximum Gasteiger partial charge on any atom is 0.180 e. The van der Waals surface area contributed by atoms with Crippen LogP contribution in [0.2, 0.25) is 0 Å². The number of benzene rings is 1. The molecule has 1 heterocycles. The molecule has 3 rings (SSSR count). The van der Waals surface area contributed by atoms with Gasteiger partial charge in [-0.15, -0.1) is 11.3 Å². The number of nitrogens with two attached hydrogens (primary N) is 1. The van der Waals surface area contributed by atoms with Crippen LogP contribution in [0.15, 0.2) is 30.5 Å². The summed E-state index contributed by atoms with van der Waals surface area (Å²) in [4.78, 5) is 7.76. The summed E-state index contributed by atoms with van der Waals surface area (Å²) in [7, 11) is 2.19. The Bertz CT molecular complexity index is 524. The van der Waals surface area contributed by atoms with Crippen LogP contribution in [-0.2, 0) is 19.4 Å². The van der Waals surface area contributed by atoms with E-state index < -0.39 is 0 Å². The van der Waals surface area contributed by atoms with Crippen LogP contribution in [0.1, 0.15) is 16.0 Å². The molecule has 0 aliphatic heterocycles. The van der Waals surface area contributed by atoms with Gasteiger partial charge in [0, 0.05) is 23.7 Å². The first-order valence-electron chi connectivity index (χ1n) is 6.19. The molecule has 1 aliphatic rings. The highest BCUT2D eigenvalue weighted by Crippen LogP contribution is 2.26. The van der Waals surface area contributed by atoms with Gasteiger partial charge in [0.2, 0.25) is 0 Å². The summed E-state index contributed by atoms with van der Waals surface area (Å²) in [5, 5.41) is 0.660. The van der Waals surface area contributed by atoms with Crippen LogP contribution in [0.3, 0.4) is 0 Å². The fourth-order valence-corrected chi connectivity index (χ4v) is 3.37. The Kier molecular flexibility index (Phi) is 3.06. The number of likely N-dealkylation sites (N-methyl/N-ethyl adjacent to an activating group) is 1. The van der Waals surface area contributed by atoms with Gasteiger partial charge in [-0.3, -0.25) is 4.90 Å². The molecule has 3 nitrogen and oxygen atoms in total. The molecule has 0 saturated heterocycles. The summed E-state index contributed by atoms with van der Waals surface area (Å²) >= 11 is 1.58. The average molecular weight is 259 g/mol. The van der Waals surface area contributed by atoms with E-state index in [1.165, 1.54) is 16.0 Å². The smallest absolute Gasteiger partial charge is 0.180 e. The summed E-state index contributed by atoms with van der Waals surface area (Å²) in [6, 6.07) is 9.35. The number of nitrogen functional groups attached to an aromatic ring is 1. The first kappa shape index (κ1) is 11.7. The van der Waals surface area contributed by atoms with Crippen LogP contribution in [0.25, 0.3) is 0 Å². The van der Waals surface area contributed by atoms with Crippen molar-refractivity contribution in [1.29, 1.82) is 0 Å². The second kappa shape index (κ2) is 4.71. The molecule has 0 bridgehead atoms. The second-order valence-electron chi connectivity index (χ2n) is 4.91. The number of fused-ring (bicyclic) bond motifs is 1. The van der Waals surface area contributed by atoms with Crippen molar-refractivity contribution in [2.75, 3.05) is 12.8 Å². The van der Waals surface area contributed by atoms with Crippen molar-refractivity contribution >= 4 is 16.5 Å². The highest BCUT2D eigenvalue weighted by atomic mass is 32.1. The summed E-state index contributed by atoms with van der Waals surface area (Å²) in [5.41, 5.74) is 8.66. The number of thiazole rings is 1. The Morgan fingerprint density at radius 1 is 1.33 bits per heavy atom. The third-order valence-electron chi connectivity index (χ3n) is 3.63. The minimum Gasteiger partial charge on any atom is -0.375 e. The Balaban J connectivity index is 1.67. The standard InChI is InChI=1S/C14H17N3S/c1-17(9-13-8-16-14(15)18-13)12-6-10-4-2-3-5-11(10)7-12/h2-5,8,12H,6-7,9H2,1H3,(H2,15,16). The van der Waals surface area contributed by atoms with Gasteiger partial charge in [-0.25, -0.2) is 4.98 Å². The first-order valence-corrected chi connectivity index (χ1v) is 7.01. The van der Waals surface area contributed by atoms with E-state index in [0.29, 0.717) is 11.2 Å². The molecule has 0 radical (unpaired) electrons. The molecule has 0 fully saturated rings. The van der Waals surface area contributed by atoms with Crippen molar-refractivity contribution in [2.45, 2.75) is 25.4 Å². The first-order chi connectivity index (χ1) is 8.72. The predicted octanol–water partition coefficient (Wildman–Crippen LogP) is 2.32. The van der Waals surface area contributed by atoms with Crippen LogP contribution < -0.4 is 5.73 Å². The lowest BCUT2D eigenvalue weighted by atomic mass is 10.1. The van der Waals surface area contributed by atoms with E-state index in [1.54, 1.807) is 11.3 Å². The van der Waals surface area contributed by atoms with E-state index in [4.69, 9.17) is 5.73 Å². The molecular formula is C14H17N3S. The molecule has 1 aromatic carbocycles. The molecule has 0 spiro atoms. The Labute approximate surface area is 111 Å². The zero-order valence-corrected chi connectivity index (χ0v) is 11.3. The summed E-state index contributed by atoms with van der Waals surface area (Å²) in [5.74, 6) is 0. The molecule has 1 aliphatic carbocycles. The molecule has 1 aromatic heterocycles. The van der Waals surface area contributed by atoms with Gasteiger partial charge < -0.3 is 5.73 Å². The third kappa shape index (κ3) is 2.26. The van der Waals surface area contributed by atoms with E-state index in [9.17, 15) is 0 Å². The monoisotopic (exact) mass is 259 g/mol. The van der Waals surface area contributed by atoms with Crippen molar-refractivity contribution in [3.05, 3.63) is 46.5 Å². The molecule has 0 atom stereocenters. The third-order valence-corrected chi connectivity index (χ3v) is 4.44. The lowest BCUT2D eigenvalue weighted by Crippen LogP contribution is -2.31. The van der Waals surface area contributed by atoms with E-state index in [2.05, 4.69) is 41.2 Å². The highest BCUT2D eigenvalue weighted by Gasteiger charge is 2.24. The van der Waals surface area contributed by atoms with Gasteiger partial charge in [0.25, 0.3) is 0 Å². The van der Waals surface area contributed by atoms with Gasteiger partial charge in [0.1, 0.15) is 0 Å². The van der Waals surface area contributed by atoms with E-state index in [-0.39, 0.29) is 0 Å². The predicted molar refractivity (Wildman–Crippen MR) is 75.6 cm³/mol. The maximum atomic E-state index is 5.67. The van der Waals surface area contributed by atoms with Gasteiger partial charge in [-0.05, 0) is 31.0 Å². The molecule has 4 heteroatoms. The van der Waals surface area contributed by atoms with Crippen LogP contribution in [0.4, 0.5) is 5.13 Å². The van der Waals surface area contributed by atoms with Crippen LogP contribution in [-0.4, -0.2) is 23.0 Å². The van der Waals surface area contributed by atoms with Gasteiger partial charge >= 0.3 is 0 Å². The number of hydrogen-bond donors (Lipinski definition) is 1. The van der Waals surface area contributed by atoms with E-state index in [0.717, 1.165) is 19.4 Å². The Morgan fingerprint density at radius 3 is 2.56 bits per heavy atom. The molecular weight excluding hydrogens is 242 g/mol. The molecule has 0 amide bonds. The molecule has 0 unspecified atom stereocenters.